The molecular formula is C18H24N2O2. The van der Waals surface area contributed by atoms with Crippen LogP contribution in [0.1, 0.15) is 39.9 Å². The summed E-state index contributed by atoms with van der Waals surface area (Å²) in [6.07, 6.45) is 8.55. The average molecular weight is 300 g/mol. The molecule has 1 amide bonds. The van der Waals surface area contributed by atoms with Gasteiger partial charge in [-0.2, -0.15) is 0 Å². The molecule has 0 atom stereocenters. The van der Waals surface area contributed by atoms with E-state index in [1.807, 2.05) is 0 Å². The van der Waals surface area contributed by atoms with Crippen LogP contribution in [0.4, 0.5) is 5.69 Å². The summed E-state index contributed by atoms with van der Waals surface area (Å²) in [5, 5.41) is 2.74. The van der Waals surface area contributed by atoms with Gasteiger partial charge in [0.2, 0.25) is 6.41 Å². The summed E-state index contributed by atoms with van der Waals surface area (Å²) in [5.41, 5.74) is 9.68. The Hall–Kier alpha value is -2.20. The Morgan fingerprint density at radius 1 is 1.09 bits per heavy atom. The van der Waals surface area contributed by atoms with Crippen LogP contribution < -0.4 is 11.1 Å². The van der Waals surface area contributed by atoms with Gasteiger partial charge in [-0.15, -0.1) is 0 Å². The van der Waals surface area contributed by atoms with Gasteiger partial charge in [-0.25, -0.2) is 0 Å². The van der Waals surface area contributed by atoms with Crippen LogP contribution in [-0.4, -0.2) is 19.2 Å². The molecule has 0 bridgehead atoms. The molecule has 0 aromatic heterocycles. The zero-order valence-corrected chi connectivity index (χ0v) is 13.2. The number of hydrogen-bond donors (Lipinski definition) is 2. The van der Waals surface area contributed by atoms with Gasteiger partial charge < -0.3 is 11.1 Å². The highest BCUT2D eigenvalue weighted by atomic mass is 16.1. The van der Waals surface area contributed by atoms with E-state index in [4.69, 9.17) is 0 Å². The minimum absolute atomic E-state index is 0.175. The predicted octanol–water partition coefficient (Wildman–Crippen LogP) is 2.81. The molecule has 0 saturated carbocycles. The van der Waals surface area contributed by atoms with Crippen molar-refractivity contribution in [1.82, 2.24) is 0 Å². The number of carbonyl (C=O) groups is 2. The lowest BCUT2D eigenvalue weighted by molar-refractivity contribution is -0.105. The number of amides is 1. The van der Waals surface area contributed by atoms with Gasteiger partial charge in [0.15, 0.2) is 5.78 Å². The van der Waals surface area contributed by atoms with E-state index in [1.165, 1.54) is 18.2 Å². The van der Waals surface area contributed by atoms with Crippen molar-refractivity contribution in [2.75, 3.05) is 12.4 Å². The molecule has 0 heterocycles. The number of benzene rings is 1. The van der Waals surface area contributed by atoms with Crippen LogP contribution in [0.3, 0.4) is 0 Å². The number of Topliss-reactive ketones (excluding diaryl/α,β-unsaturated/α-hetero) is 1. The highest BCUT2D eigenvalue weighted by molar-refractivity contribution is 6.07. The second-order valence-corrected chi connectivity index (χ2v) is 4.93. The minimum atomic E-state index is 0.175. The van der Waals surface area contributed by atoms with Crippen molar-refractivity contribution in [3.63, 3.8) is 0 Å². The van der Waals surface area contributed by atoms with Crippen molar-refractivity contribution in [1.29, 1.82) is 0 Å². The van der Waals surface area contributed by atoms with E-state index in [1.54, 1.807) is 12.2 Å². The average Bonchev–Trinajstić information content (AvgIpc) is 3.17. The van der Waals surface area contributed by atoms with E-state index >= 15 is 0 Å². The molecule has 1 aromatic rings. The fourth-order valence-electron chi connectivity index (χ4n) is 2.91. The van der Waals surface area contributed by atoms with Gasteiger partial charge in [-0.05, 0) is 49.4 Å². The summed E-state index contributed by atoms with van der Waals surface area (Å²) in [6.45, 7) is 6.72. The standard InChI is InChI=1S/C13H13NO2.C4H6.CH5N/c15-7-14-13-10-3-1-2-8(10)6-9-4-5-11(16)12(9)13;1-3-4-2;1-2/h6-7H,1-5H2,(H,14,15);3-4H,1-2H2;2H2,1H3. The van der Waals surface area contributed by atoms with Gasteiger partial charge in [0.05, 0.1) is 5.69 Å². The number of nitrogens with two attached hydrogens (primary N) is 1. The number of ketones is 1. The molecule has 0 spiro atoms. The highest BCUT2D eigenvalue weighted by Gasteiger charge is 2.28. The molecule has 0 unspecified atom stereocenters. The lowest BCUT2D eigenvalue weighted by atomic mass is 9.98. The molecule has 2 aliphatic rings. The third kappa shape index (κ3) is 3.71. The summed E-state index contributed by atoms with van der Waals surface area (Å²) in [5.74, 6) is 0.175. The van der Waals surface area contributed by atoms with Crippen LogP contribution >= 0.6 is 0 Å². The summed E-state index contributed by atoms with van der Waals surface area (Å²) in [4.78, 5) is 22.5. The van der Waals surface area contributed by atoms with Crippen molar-refractivity contribution >= 4 is 17.9 Å². The van der Waals surface area contributed by atoms with Crippen LogP contribution in [0, 0.1) is 0 Å². The summed E-state index contributed by atoms with van der Waals surface area (Å²) in [6, 6.07) is 2.17. The molecular weight excluding hydrogens is 276 g/mol. The number of carbonyl (C=O) groups excluding carboxylic acids is 2. The van der Waals surface area contributed by atoms with Crippen molar-refractivity contribution in [3.8, 4) is 0 Å². The molecule has 4 nitrogen and oxygen atoms in total. The van der Waals surface area contributed by atoms with Crippen molar-refractivity contribution in [2.45, 2.75) is 32.1 Å². The van der Waals surface area contributed by atoms with Crippen LogP contribution in [0.15, 0.2) is 31.4 Å². The number of rotatable bonds is 3. The normalized spacial score (nSPS) is 13.6. The third-order valence-electron chi connectivity index (χ3n) is 3.75. The fourth-order valence-corrected chi connectivity index (χ4v) is 2.91. The molecule has 0 fully saturated rings. The Bertz CT molecular complexity index is 571. The van der Waals surface area contributed by atoms with Gasteiger partial charge >= 0.3 is 0 Å². The molecule has 22 heavy (non-hydrogen) atoms. The zero-order valence-electron chi connectivity index (χ0n) is 13.2. The number of hydrogen-bond acceptors (Lipinski definition) is 3. The monoisotopic (exact) mass is 300 g/mol. The molecule has 4 heteroatoms. The molecule has 0 radical (unpaired) electrons. The first-order chi connectivity index (χ1) is 10.7. The Balaban J connectivity index is 0.000000354. The number of aryl methyl sites for hydroxylation is 2. The second kappa shape index (κ2) is 8.95. The van der Waals surface area contributed by atoms with E-state index in [0.717, 1.165) is 42.5 Å². The van der Waals surface area contributed by atoms with Gasteiger partial charge in [0, 0.05) is 12.0 Å². The second-order valence-electron chi connectivity index (χ2n) is 4.93. The Kier molecular flexibility index (Phi) is 7.26. The van der Waals surface area contributed by atoms with Crippen molar-refractivity contribution in [3.05, 3.63) is 53.6 Å². The predicted molar refractivity (Wildman–Crippen MR) is 91.3 cm³/mol. The van der Waals surface area contributed by atoms with Crippen LogP contribution in [0.25, 0.3) is 0 Å². The van der Waals surface area contributed by atoms with Crippen LogP contribution in [-0.2, 0) is 24.1 Å². The number of allylic oxidation sites excluding steroid dienone is 2. The summed E-state index contributed by atoms with van der Waals surface area (Å²) in [7, 11) is 1.50. The summed E-state index contributed by atoms with van der Waals surface area (Å²) < 4.78 is 0. The molecule has 3 N–H and O–H groups in total. The summed E-state index contributed by atoms with van der Waals surface area (Å²) >= 11 is 0. The smallest absolute Gasteiger partial charge is 0.211 e. The highest BCUT2D eigenvalue weighted by Crippen LogP contribution is 2.38. The lowest BCUT2D eigenvalue weighted by Crippen LogP contribution is -2.06. The fraction of sp³-hybridized carbons (Fsp3) is 0.333. The van der Waals surface area contributed by atoms with E-state index in [9.17, 15) is 9.59 Å². The maximum absolute atomic E-state index is 11.8. The van der Waals surface area contributed by atoms with Crippen LogP contribution in [0.5, 0.6) is 0 Å². The van der Waals surface area contributed by atoms with E-state index < -0.39 is 0 Å². The third-order valence-corrected chi connectivity index (χ3v) is 3.75. The Morgan fingerprint density at radius 3 is 2.36 bits per heavy atom. The minimum Gasteiger partial charge on any atom is -0.333 e. The van der Waals surface area contributed by atoms with Gasteiger partial charge in [0.1, 0.15) is 0 Å². The molecule has 0 aliphatic heterocycles. The first kappa shape index (κ1) is 17.9. The van der Waals surface area contributed by atoms with E-state index in [2.05, 4.69) is 30.3 Å². The molecule has 0 saturated heterocycles. The Labute approximate surface area is 132 Å². The molecule has 2 aliphatic carbocycles. The largest absolute Gasteiger partial charge is 0.333 e. The maximum atomic E-state index is 11.8. The Morgan fingerprint density at radius 2 is 1.77 bits per heavy atom. The first-order valence-corrected chi connectivity index (χ1v) is 7.45. The lowest BCUT2D eigenvalue weighted by Gasteiger charge is -2.12. The molecule has 118 valence electrons. The molecule has 3 rings (SSSR count). The van der Waals surface area contributed by atoms with Crippen molar-refractivity contribution < 1.29 is 9.59 Å². The van der Waals surface area contributed by atoms with E-state index in [0.29, 0.717) is 12.8 Å². The SMILES string of the molecule is C=CC=C.CN.O=CNc1c2c(cc3c1C(=O)CC3)CCC2. The topological polar surface area (TPSA) is 72.2 Å². The van der Waals surface area contributed by atoms with Gasteiger partial charge in [0.25, 0.3) is 0 Å². The maximum Gasteiger partial charge on any atom is 0.211 e. The van der Waals surface area contributed by atoms with Crippen LogP contribution in [0.2, 0.25) is 0 Å². The number of fused-ring (bicyclic) bond motifs is 2. The first-order valence-electron chi connectivity index (χ1n) is 7.45. The zero-order chi connectivity index (χ0) is 16.5. The number of anilines is 1. The number of nitrogens with one attached hydrogen (secondary N) is 1. The van der Waals surface area contributed by atoms with Crippen molar-refractivity contribution in [2.24, 2.45) is 5.73 Å². The quantitative estimate of drug-likeness (QED) is 0.666. The van der Waals surface area contributed by atoms with E-state index in [-0.39, 0.29) is 5.78 Å². The molecule has 1 aromatic carbocycles. The van der Waals surface area contributed by atoms with Gasteiger partial charge in [-0.3, -0.25) is 9.59 Å². The van der Waals surface area contributed by atoms with Gasteiger partial charge in [-0.1, -0.05) is 31.4 Å².